The smallest absolute Gasteiger partial charge is 0.247 e. The van der Waals surface area contributed by atoms with Crippen LogP contribution in [0.2, 0.25) is 5.02 Å². The molecule has 0 saturated carbocycles. The van der Waals surface area contributed by atoms with E-state index in [0.29, 0.717) is 34.1 Å². The standard InChI is InChI=1S/C15H14ClN3O2S2/c1-2-11-14(20)19(15(22)23-11)8-7-12-17-18-13(21-12)9-3-5-10(16)6-4-9/h3-6,11H,2,7-8H2,1H3. The molecule has 1 aromatic carbocycles. The average molecular weight is 368 g/mol. The van der Waals surface area contributed by atoms with Crippen LogP contribution >= 0.6 is 35.6 Å². The van der Waals surface area contributed by atoms with E-state index in [0.717, 1.165) is 12.0 Å². The second-order valence-corrected chi connectivity index (χ2v) is 7.30. The maximum absolute atomic E-state index is 12.2. The maximum atomic E-state index is 12.2. The van der Waals surface area contributed by atoms with Crippen LogP contribution in [0.1, 0.15) is 19.2 Å². The quantitative estimate of drug-likeness (QED) is 0.753. The van der Waals surface area contributed by atoms with Crippen molar-refractivity contribution in [2.45, 2.75) is 25.0 Å². The van der Waals surface area contributed by atoms with Gasteiger partial charge in [-0.2, -0.15) is 0 Å². The number of amides is 1. The molecule has 2 aromatic rings. The number of thiocarbonyl (C=S) groups is 1. The van der Waals surface area contributed by atoms with Crippen LogP contribution in [0, 0.1) is 0 Å². The maximum Gasteiger partial charge on any atom is 0.247 e. The van der Waals surface area contributed by atoms with E-state index >= 15 is 0 Å². The molecule has 23 heavy (non-hydrogen) atoms. The van der Waals surface area contributed by atoms with Crippen molar-refractivity contribution in [1.82, 2.24) is 15.1 Å². The number of nitrogens with zero attached hydrogens (tertiary/aromatic N) is 3. The van der Waals surface area contributed by atoms with Crippen LogP contribution in [0.5, 0.6) is 0 Å². The van der Waals surface area contributed by atoms with Crippen molar-refractivity contribution in [3.05, 3.63) is 35.2 Å². The summed E-state index contributed by atoms with van der Waals surface area (Å²) in [5, 5.41) is 8.65. The molecule has 0 spiro atoms. The Balaban J connectivity index is 1.65. The molecule has 1 saturated heterocycles. The monoisotopic (exact) mass is 367 g/mol. The van der Waals surface area contributed by atoms with E-state index in [1.54, 1.807) is 17.0 Å². The molecule has 120 valence electrons. The second-order valence-electron chi connectivity index (χ2n) is 5.03. The predicted octanol–water partition coefficient (Wildman–Crippen LogP) is 3.57. The van der Waals surface area contributed by atoms with Gasteiger partial charge in [-0.15, -0.1) is 10.2 Å². The summed E-state index contributed by atoms with van der Waals surface area (Å²) in [6, 6.07) is 7.18. The van der Waals surface area contributed by atoms with Crippen molar-refractivity contribution >= 4 is 45.8 Å². The van der Waals surface area contributed by atoms with Crippen LogP contribution in [0.25, 0.3) is 11.5 Å². The van der Waals surface area contributed by atoms with Crippen LogP contribution in [-0.2, 0) is 11.2 Å². The summed E-state index contributed by atoms with van der Waals surface area (Å²) in [5.74, 6) is 0.989. The minimum Gasteiger partial charge on any atom is -0.421 e. The van der Waals surface area contributed by atoms with Crippen molar-refractivity contribution in [2.24, 2.45) is 0 Å². The Morgan fingerprint density at radius 2 is 2.09 bits per heavy atom. The van der Waals surface area contributed by atoms with E-state index in [9.17, 15) is 4.79 Å². The highest BCUT2D eigenvalue weighted by atomic mass is 35.5. The predicted molar refractivity (Wildman–Crippen MR) is 94.4 cm³/mol. The lowest BCUT2D eigenvalue weighted by molar-refractivity contribution is -0.126. The first-order chi connectivity index (χ1) is 11.1. The van der Waals surface area contributed by atoms with Crippen LogP contribution in [0.15, 0.2) is 28.7 Å². The lowest BCUT2D eigenvalue weighted by Crippen LogP contribution is -2.33. The Labute approximate surface area is 148 Å². The minimum absolute atomic E-state index is 0.0604. The lowest BCUT2D eigenvalue weighted by atomic mass is 10.2. The van der Waals surface area contributed by atoms with Crippen LogP contribution in [0.4, 0.5) is 0 Å². The highest BCUT2D eigenvalue weighted by Crippen LogP contribution is 2.29. The zero-order chi connectivity index (χ0) is 16.4. The van der Waals surface area contributed by atoms with Crippen molar-refractivity contribution in [1.29, 1.82) is 0 Å². The highest BCUT2D eigenvalue weighted by molar-refractivity contribution is 8.24. The van der Waals surface area contributed by atoms with Gasteiger partial charge in [-0.25, -0.2) is 0 Å². The fraction of sp³-hybridized carbons (Fsp3) is 0.333. The van der Waals surface area contributed by atoms with Gasteiger partial charge < -0.3 is 4.42 Å². The molecule has 0 aliphatic carbocycles. The Hall–Kier alpha value is -1.44. The van der Waals surface area contributed by atoms with Crippen LogP contribution in [0.3, 0.4) is 0 Å². The summed E-state index contributed by atoms with van der Waals surface area (Å²) in [7, 11) is 0. The number of carbonyl (C=O) groups excluding carboxylic acids is 1. The van der Waals surface area contributed by atoms with Gasteiger partial charge in [0, 0.05) is 23.6 Å². The molecule has 1 unspecified atom stereocenters. The van der Waals surface area contributed by atoms with Gasteiger partial charge in [-0.3, -0.25) is 9.69 Å². The molecule has 1 aliphatic rings. The molecule has 5 nitrogen and oxygen atoms in total. The zero-order valence-corrected chi connectivity index (χ0v) is 14.7. The minimum atomic E-state index is -0.0604. The number of thioether (sulfide) groups is 1. The van der Waals surface area contributed by atoms with Gasteiger partial charge in [0.15, 0.2) is 0 Å². The molecule has 1 amide bonds. The molecule has 8 heteroatoms. The van der Waals surface area contributed by atoms with Crippen LogP contribution < -0.4 is 0 Å². The lowest BCUT2D eigenvalue weighted by Gasteiger charge is -2.13. The Bertz CT molecular complexity index is 733. The van der Waals surface area contributed by atoms with Crippen LogP contribution in [-0.4, -0.2) is 37.1 Å². The normalized spacial score (nSPS) is 18.0. The molecule has 3 rings (SSSR count). The van der Waals surface area contributed by atoms with Gasteiger partial charge in [-0.05, 0) is 30.7 Å². The molecule has 1 aromatic heterocycles. The van der Waals surface area contributed by atoms with E-state index in [4.69, 9.17) is 28.2 Å². The molecule has 0 N–H and O–H groups in total. The van der Waals surface area contributed by atoms with Crippen molar-refractivity contribution < 1.29 is 9.21 Å². The third-order valence-corrected chi connectivity index (χ3v) is 5.49. The van der Waals surface area contributed by atoms with E-state index in [1.807, 2.05) is 19.1 Å². The number of hydrogen-bond acceptors (Lipinski definition) is 6. The first-order valence-corrected chi connectivity index (χ1v) is 8.85. The third-order valence-electron chi connectivity index (χ3n) is 3.48. The highest BCUT2D eigenvalue weighted by Gasteiger charge is 2.35. The van der Waals surface area contributed by atoms with Gasteiger partial charge in [0.1, 0.15) is 4.32 Å². The summed E-state index contributed by atoms with van der Waals surface area (Å²) < 4.78 is 6.26. The Morgan fingerprint density at radius 3 is 2.74 bits per heavy atom. The average Bonchev–Trinajstić information content (AvgIpc) is 3.11. The summed E-state index contributed by atoms with van der Waals surface area (Å²) >= 11 is 12.6. The number of aromatic nitrogens is 2. The summed E-state index contributed by atoms with van der Waals surface area (Å²) in [6.45, 7) is 2.45. The zero-order valence-electron chi connectivity index (χ0n) is 12.4. The number of hydrogen-bond donors (Lipinski definition) is 0. The van der Waals surface area contributed by atoms with Gasteiger partial charge in [0.25, 0.3) is 0 Å². The topological polar surface area (TPSA) is 59.2 Å². The first kappa shape index (κ1) is 16.4. The van der Waals surface area contributed by atoms with Gasteiger partial charge >= 0.3 is 0 Å². The van der Waals surface area contributed by atoms with Crippen molar-refractivity contribution in [3.63, 3.8) is 0 Å². The van der Waals surface area contributed by atoms with Crippen molar-refractivity contribution in [3.8, 4) is 11.5 Å². The number of rotatable bonds is 5. The fourth-order valence-corrected chi connectivity index (χ4v) is 3.83. The molecule has 1 aliphatic heterocycles. The molecular weight excluding hydrogens is 354 g/mol. The molecule has 1 fully saturated rings. The number of halogens is 1. The van der Waals surface area contributed by atoms with Gasteiger partial charge in [0.05, 0.1) is 5.25 Å². The Kier molecular flexibility index (Phi) is 4.99. The number of carbonyl (C=O) groups is 1. The SMILES string of the molecule is CCC1SC(=S)N(CCc2nnc(-c3ccc(Cl)cc3)o2)C1=O. The summed E-state index contributed by atoms with van der Waals surface area (Å²) in [6.07, 6.45) is 1.25. The largest absolute Gasteiger partial charge is 0.421 e. The fourth-order valence-electron chi connectivity index (χ4n) is 2.23. The summed E-state index contributed by atoms with van der Waals surface area (Å²) in [5.41, 5.74) is 0.808. The Morgan fingerprint density at radius 1 is 1.35 bits per heavy atom. The third kappa shape index (κ3) is 3.57. The molecule has 0 bridgehead atoms. The van der Waals surface area contributed by atoms with Crippen molar-refractivity contribution in [2.75, 3.05) is 6.54 Å². The van der Waals surface area contributed by atoms with Gasteiger partial charge in [0.2, 0.25) is 17.7 Å². The van der Waals surface area contributed by atoms with E-state index in [1.165, 1.54) is 11.8 Å². The summed E-state index contributed by atoms with van der Waals surface area (Å²) in [4.78, 5) is 13.8. The van der Waals surface area contributed by atoms with E-state index < -0.39 is 0 Å². The van der Waals surface area contributed by atoms with Gasteiger partial charge in [-0.1, -0.05) is 42.5 Å². The van der Waals surface area contributed by atoms with E-state index in [-0.39, 0.29) is 11.2 Å². The molecule has 2 heterocycles. The molecule has 0 radical (unpaired) electrons. The second kappa shape index (κ2) is 6.98. The number of benzene rings is 1. The molecular formula is C15H14ClN3O2S2. The molecule has 1 atom stereocenters. The van der Waals surface area contributed by atoms with E-state index in [2.05, 4.69) is 10.2 Å². The first-order valence-electron chi connectivity index (χ1n) is 7.18.